The minimum absolute atomic E-state index is 0.0167. The normalized spacial score (nSPS) is 14.2. The Bertz CT molecular complexity index is 674. The summed E-state index contributed by atoms with van der Waals surface area (Å²) in [7, 11) is 0. The van der Waals surface area contributed by atoms with Gasteiger partial charge in [-0.2, -0.15) is 0 Å². The molecule has 1 saturated carbocycles. The van der Waals surface area contributed by atoms with Gasteiger partial charge in [0.05, 0.1) is 22.9 Å². The minimum Gasteiger partial charge on any atom is -0.460 e. The van der Waals surface area contributed by atoms with Gasteiger partial charge in [-0.1, -0.05) is 17.7 Å². The summed E-state index contributed by atoms with van der Waals surface area (Å²) in [5, 5.41) is 0.189. The number of carbonyl (C=O) groups excluding carboxylic acids is 1. The van der Waals surface area contributed by atoms with Crippen molar-refractivity contribution in [3.05, 3.63) is 40.5 Å². The molecule has 0 spiro atoms. The zero-order valence-corrected chi connectivity index (χ0v) is 12.1. The summed E-state index contributed by atoms with van der Waals surface area (Å²) in [6.07, 6.45) is 1.87. The summed E-state index contributed by atoms with van der Waals surface area (Å²) in [5.41, 5.74) is 0.597. The number of carbonyl (C=O) groups is 1. The third-order valence-corrected chi connectivity index (χ3v) is 3.57. The molecule has 0 N–H and O–H groups in total. The molecule has 1 aliphatic rings. The van der Waals surface area contributed by atoms with E-state index in [9.17, 15) is 9.18 Å². The minimum atomic E-state index is -0.578. The summed E-state index contributed by atoms with van der Waals surface area (Å²) < 4.78 is 24.4. The Hall–Kier alpha value is -1.88. The quantitative estimate of drug-likeness (QED) is 0.795. The molecule has 0 unspecified atom stereocenters. The summed E-state index contributed by atoms with van der Waals surface area (Å²) in [6, 6.07) is 4.31. The van der Waals surface area contributed by atoms with Crippen molar-refractivity contribution in [1.82, 2.24) is 4.98 Å². The van der Waals surface area contributed by atoms with Gasteiger partial charge in [0, 0.05) is 5.92 Å². The Kier molecular flexibility index (Phi) is 3.68. The van der Waals surface area contributed by atoms with E-state index in [-0.39, 0.29) is 34.8 Å². The number of esters is 1. The summed E-state index contributed by atoms with van der Waals surface area (Å²) in [5.74, 6) is -0.878. The maximum Gasteiger partial charge on any atom is 0.376 e. The van der Waals surface area contributed by atoms with Gasteiger partial charge < -0.3 is 9.15 Å². The molecule has 0 bridgehead atoms. The summed E-state index contributed by atoms with van der Waals surface area (Å²) in [6.45, 7) is 1.94. The van der Waals surface area contributed by atoms with Gasteiger partial charge in [-0.3, -0.25) is 0 Å². The van der Waals surface area contributed by atoms with E-state index in [2.05, 4.69) is 4.98 Å². The highest BCUT2D eigenvalue weighted by Gasteiger charge is 2.35. The van der Waals surface area contributed by atoms with Crippen molar-refractivity contribution in [2.75, 3.05) is 6.61 Å². The molecule has 110 valence electrons. The molecule has 0 atom stereocenters. The lowest BCUT2D eigenvalue weighted by molar-refractivity contribution is 0.0489. The standard InChI is InChI=1S/C15H13ClFNO3/c1-2-20-15(19)13-12(8-6-7-8)18-14(21-13)11-9(16)4-3-5-10(11)17/h3-5,8H,2,6-7H2,1H3. The van der Waals surface area contributed by atoms with Crippen LogP contribution in [-0.4, -0.2) is 17.6 Å². The van der Waals surface area contributed by atoms with Crippen LogP contribution in [0, 0.1) is 5.82 Å². The molecular weight excluding hydrogens is 297 g/mol. The fourth-order valence-electron chi connectivity index (χ4n) is 2.12. The molecule has 4 nitrogen and oxygen atoms in total. The van der Waals surface area contributed by atoms with E-state index in [0.29, 0.717) is 5.69 Å². The molecular formula is C15H13ClFNO3. The molecule has 0 radical (unpaired) electrons. The molecule has 21 heavy (non-hydrogen) atoms. The van der Waals surface area contributed by atoms with Crippen molar-refractivity contribution in [1.29, 1.82) is 0 Å². The SMILES string of the molecule is CCOC(=O)c1oc(-c2c(F)cccc2Cl)nc1C1CC1. The maximum absolute atomic E-state index is 13.9. The van der Waals surface area contributed by atoms with E-state index in [0.717, 1.165) is 12.8 Å². The molecule has 0 amide bonds. The molecule has 1 aromatic carbocycles. The lowest BCUT2D eigenvalue weighted by atomic mass is 10.2. The molecule has 1 fully saturated rings. The van der Waals surface area contributed by atoms with Crippen LogP contribution in [0.15, 0.2) is 22.6 Å². The highest BCUT2D eigenvalue weighted by molar-refractivity contribution is 6.33. The van der Waals surface area contributed by atoms with Gasteiger partial charge in [0.25, 0.3) is 0 Å². The summed E-state index contributed by atoms with van der Waals surface area (Å²) in [4.78, 5) is 16.2. The zero-order valence-electron chi connectivity index (χ0n) is 11.4. The Morgan fingerprint density at radius 2 is 2.29 bits per heavy atom. The van der Waals surface area contributed by atoms with E-state index in [4.69, 9.17) is 20.8 Å². The number of hydrogen-bond acceptors (Lipinski definition) is 4. The van der Waals surface area contributed by atoms with Gasteiger partial charge in [0.2, 0.25) is 11.7 Å². The predicted molar refractivity (Wildman–Crippen MR) is 74.8 cm³/mol. The average molecular weight is 310 g/mol. The second-order valence-corrected chi connectivity index (χ2v) is 5.23. The number of rotatable bonds is 4. The van der Waals surface area contributed by atoms with Gasteiger partial charge in [0.1, 0.15) is 5.82 Å². The van der Waals surface area contributed by atoms with Crippen molar-refractivity contribution in [2.45, 2.75) is 25.7 Å². The number of oxazole rings is 1. The van der Waals surface area contributed by atoms with Crippen LogP contribution in [0.25, 0.3) is 11.5 Å². The summed E-state index contributed by atoms with van der Waals surface area (Å²) >= 11 is 6.01. The van der Waals surface area contributed by atoms with Crippen LogP contribution >= 0.6 is 11.6 Å². The topological polar surface area (TPSA) is 52.3 Å². The van der Waals surface area contributed by atoms with Crippen molar-refractivity contribution in [3.8, 4) is 11.5 Å². The molecule has 6 heteroatoms. The lowest BCUT2D eigenvalue weighted by Gasteiger charge is -2.00. The van der Waals surface area contributed by atoms with E-state index >= 15 is 0 Å². The van der Waals surface area contributed by atoms with Crippen LogP contribution in [0.4, 0.5) is 4.39 Å². The second kappa shape index (κ2) is 5.48. The average Bonchev–Trinajstić information content (AvgIpc) is 3.19. The van der Waals surface area contributed by atoms with Gasteiger partial charge in [-0.15, -0.1) is 0 Å². The van der Waals surface area contributed by atoms with Crippen molar-refractivity contribution < 1.29 is 18.3 Å². The van der Waals surface area contributed by atoms with Gasteiger partial charge in [-0.05, 0) is 31.9 Å². The highest BCUT2D eigenvalue weighted by atomic mass is 35.5. The van der Waals surface area contributed by atoms with Crippen LogP contribution in [0.3, 0.4) is 0 Å². The number of aromatic nitrogens is 1. The van der Waals surface area contributed by atoms with Crippen molar-refractivity contribution in [2.24, 2.45) is 0 Å². The number of hydrogen-bond donors (Lipinski definition) is 0. The lowest BCUT2D eigenvalue weighted by Crippen LogP contribution is -2.05. The van der Waals surface area contributed by atoms with Crippen molar-refractivity contribution >= 4 is 17.6 Å². The molecule has 1 heterocycles. The van der Waals surface area contributed by atoms with E-state index in [1.165, 1.54) is 12.1 Å². The number of ether oxygens (including phenoxy) is 1. The third kappa shape index (κ3) is 2.65. The monoisotopic (exact) mass is 309 g/mol. The molecule has 3 rings (SSSR count). The van der Waals surface area contributed by atoms with Gasteiger partial charge in [0.15, 0.2) is 0 Å². The Morgan fingerprint density at radius 1 is 1.52 bits per heavy atom. The first-order valence-electron chi connectivity index (χ1n) is 6.74. The number of nitrogens with zero attached hydrogens (tertiary/aromatic N) is 1. The molecule has 1 aliphatic carbocycles. The van der Waals surface area contributed by atoms with Gasteiger partial charge in [-0.25, -0.2) is 14.2 Å². The largest absolute Gasteiger partial charge is 0.460 e. The zero-order chi connectivity index (χ0) is 15.0. The van der Waals surface area contributed by atoms with E-state index < -0.39 is 11.8 Å². The predicted octanol–water partition coefficient (Wildman–Crippen LogP) is 4.19. The fourth-order valence-corrected chi connectivity index (χ4v) is 2.36. The highest BCUT2D eigenvalue weighted by Crippen LogP contribution is 2.43. The maximum atomic E-state index is 13.9. The third-order valence-electron chi connectivity index (χ3n) is 3.25. The van der Waals surface area contributed by atoms with Crippen molar-refractivity contribution in [3.63, 3.8) is 0 Å². The van der Waals surface area contributed by atoms with E-state index in [1.807, 2.05) is 0 Å². The first-order chi connectivity index (χ1) is 10.1. The number of halogens is 2. The number of benzene rings is 1. The Labute approximate surface area is 125 Å². The van der Waals surface area contributed by atoms with Crippen LogP contribution < -0.4 is 0 Å². The van der Waals surface area contributed by atoms with Gasteiger partial charge >= 0.3 is 5.97 Å². The first kappa shape index (κ1) is 14.1. The fraction of sp³-hybridized carbons (Fsp3) is 0.333. The molecule has 1 aromatic heterocycles. The Balaban J connectivity index is 2.08. The smallest absolute Gasteiger partial charge is 0.376 e. The molecule has 0 aliphatic heterocycles. The second-order valence-electron chi connectivity index (χ2n) is 4.82. The molecule has 2 aromatic rings. The van der Waals surface area contributed by atoms with Crippen LogP contribution in [0.5, 0.6) is 0 Å². The Morgan fingerprint density at radius 3 is 2.90 bits per heavy atom. The molecule has 0 saturated heterocycles. The van der Waals surface area contributed by atoms with Crippen LogP contribution in [0.2, 0.25) is 5.02 Å². The van der Waals surface area contributed by atoms with Crippen LogP contribution in [-0.2, 0) is 4.74 Å². The van der Waals surface area contributed by atoms with E-state index in [1.54, 1.807) is 13.0 Å². The van der Waals surface area contributed by atoms with Crippen LogP contribution in [0.1, 0.15) is 41.9 Å². The first-order valence-corrected chi connectivity index (χ1v) is 7.11.